The van der Waals surface area contributed by atoms with Crippen molar-refractivity contribution in [1.82, 2.24) is 0 Å². The van der Waals surface area contributed by atoms with Crippen LogP contribution in [0.15, 0.2) is 154 Å². The number of hydrogen-bond acceptors (Lipinski definition) is 5. The van der Waals surface area contributed by atoms with Gasteiger partial charge in [0.1, 0.15) is 16.6 Å². The summed E-state index contributed by atoms with van der Waals surface area (Å²) in [5, 5.41) is 18.8. The molecule has 59 heavy (non-hydrogen) atoms. The molecule has 0 aromatic heterocycles. The second-order valence-corrected chi connectivity index (χ2v) is 18.6. The van der Waals surface area contributed by atoms with Gasteiger partial charge in [0.25, 0.3) is 0 Å². The van der Waals surface area contributed by atoms with Crippen molar-refractivity contribution < 1.29 is 24.5 Å². The first-order valence-electron chi connectivity index (χ1n) is 21.2. The highest BCUT2D eigenvalue weighted by Gasteiger charge is 2.38. The van der Waals surface area contributed by atoms with E-state index >= 15 is 0 Å². The number of carbonyl (C=O) groups is 1. The summed E-state index contributed by atoms with van der Waals surface area (Å²) >= 11 is 0. The van der Waals surface area contributed by atoms with E-state index in [1.807, 2.05) is 62.4 Å². The number of ketones is 1. The van der Waals surface area contributed by atoms with Crippen LogP contribution in [0.1, 0.15) is 129 Å². The van der Waals surface area contributed by atoms with E-state index in [1.165, 1.54) is 25.8 Å². The quantitative estimate of drug-likeness (QED) is 0.106. The van der Waals surface area contributed by atoms with Gasteiger partial charge in [-0.3, -0.25) is 4.79 Å². The molecule has 6 heteroatoms. The van der Waals surface area contributed by atoms with Crippen molar-refractivity contribution in [1.29, 1.82) is 0 Å². The zero-order chi connectivity index (χ0) is 43.2. The van der Waals surface area contributed by atoms with Crippen LogP contribution in [0, 0.1) is 5.41 Å². The summed E-state index contributed by atoms with van der Waals surface area (Å²) in [7, 11) is -0.0829. The molecule has 5 aromatic rings. The maximum absolute atomic E-state index is 11.4. The lowest BCUT2D eigenvalue weighted by atomic mass is 9.88. The summed E-state index contributed by atoms with van der Waals surface area (Å²) in [4.78, 5) is 15.2. The largest absolute Gasteiger partial charge is 0.508 e. The number of phenolic OH excluding ortho intramolecular Hbond substituents is 1. The van der Waals surface area contributed by atoms with E-state index in [9.17, 15) is 9.90 Å². The van der Waals surface area contributed by atoms with Crippen molar-refractivity contribution in [2.45, 2.75) is 139 Å². The maximum atomic E-state index is 11.4. The fraction of sp³-hybridized carbons (Fsp3) is 0.377. The van der Waals surface area contributed by atoms with Gasteiger partial charge in [-0.15, -0.1) is 0 Å². The van der Waals surface area contributed by atoms with Crippen molar-refractivity contribution in [3.05, 3.63) is 156 Å². The first kappa shape index (κ1) is 46.9. The Morgan fingerprint density at radius 3 is 1.66 bits per heavy atom. The lowest BCUT2D eigenvalue weighted by Crippen LogP contribution is -2.23. The van der Waals surface area contributed by atoms with Gasteiger partial charge in [0.15, 0.2) is 28.3 Å². The summed E-state index contributed by atoms with van der Waals surface area (Å²) < 4.78 is 11.7. The van der Waals surface area contributed by atoms with Gasteiger partial charge in [-0.1, -0.05) is 134 Å². The summed E-state index contributed by atoms with van der Waals surface area (Å²) in [5.74, 6) is 4.47. The van der Waals surface area contributed by atoms with E-state index in [2.05, 4.69) is 122 Å². The predicted molar refractivity (Wildman–Crippen MR) is 246 cm³/mol. The average Bonchev–Trinajstić information content (AvgIpc) is 3.66. The molecular formula is C53H67O5S+. The number of fused-ring (bicyclic) bond motifs is 2. The third kappa shape index (κ3) is 13.4. The SMILES string of the molecule is C=C(OC1CCCC1=O)C(C)(C)CC.CCC(C)c1ccc(C(C)(C)O)cc1.CCC(C)c1ccc(O)cc1.c1ccc([S+]2c3ccccc3Oc3ccccc32)cc1. The number of carbonyl (C=O) groups excluding carboxylic acids is 1. The second-order valence-electron chi connectivity index (χ2n) is 16.6. The minimum absolute atomic E-state index is 0.0249. The van der Waals surface area contributed by atoms with Crippen LogP contribution in [0.25, 0.3) is 0 Å². The Kier molecular flexibility index (Phi) is 17.5. The molecule has 1 fully saturated rings. The molecule has 2 N–H and O–H groups in total. The zero-order valence-electron chi connectivity index (χ0n) is 36.8. The van der Waals surface area contributed by atoms with Gasteiger partial charge < -0.3 is 19.7 Å². The number of benzene rings is 5. The molecule has 5 nitrogen and oxygen atoms in total. The highest BCUT2D eigenvalue weighted by molar-refractivity contribution is 7.97. The van der Waals surface area contributed by atoms with Crippen LogP contribution in [0.4, 0.5) is 0 Å². The molecule has 1 saturated carbocycles. The van der Waals surface area contributed by atoms with Gasteiger partial charge in [0.05, 0.1) is 11.4 Å². The van der Waals surface area contributed by atoms with Crippen LogP contribution >= 0.6 is 0 Å². The van der Waals surface area contributed by atoms with Gasteiger partial charge >= 0.3 is 0 Å². The lowest BCUT2D eigenvalue weighted by Gasteiger charge is -2.27. The number of ether oxygens (including phenoxy) is 2. The fourth-order valence-electron chi connectivity index (χ4n) is 6.38. The number of hydrogen-bond donors (Lipinski definition) is 2. The minimum Gasteiger partial charge on any atom is -0.508 e. The molecule has 1 heterocycles. The third-order valence-electron chi connectivity index (χ3n) is 11.4. The number of para-hydroxylation sites is 2. The molecule has 0 spiro atoms. The molecule has 3 unspecified atom stereocenters. The molecule has 5 aromatic carbocycles. The Balaban J connectivity index is 0.000000179. The third-order valence-corrected chi connectivity index (χ3v) is 13.7. The normalized spacial score (nSPS) is 15.6. The van der Waals surface area contributed by atoms with Crippen molar-refractivity contribution in [3.8, 4) is 17.2 Å². The molecule has 7 rings (SSSR count). The average molecular weight is 816 g/mol. The minimum atomic E-state index is -0.728. The van der Waals surface area contributed by atoms with Gasteiger partial charge in [-0.25, -0.2) is 0 Å². The van der Waals surface area contributed by atoms with Crippen molar-refractivity contribution in [2.24, 2.45) is 5.41 Å². The molecule has 1 aliphatic heterocycles. The van der Waals surface area contributed by atoms with E-state index < -0.39 is 5.60 Å². The van der Waals surface area contributed by atoms with E-state index in [-0.39, 0.29) is 28.2 Å². The molecule has 314 valence electrons. The molecule has 0 amide bonds. The summed E-state index contributed by atoms with van der Waals surface area (Å²) in [6.07, 6.45) is 5.55. The van der Waals surface area contributed by atoms with Gasteiger partial charge in [0, 0.05) is 11.8 Å². The maximum Gasteiger partial charge on any atom is 0.209 e. The topological polar surface area (TPSA) is 76.0 Å². The van der Waals surface area contributed by atoms with Crippen LogP contribution in [0.5, 0.6) is 17.2 Å². The molecule has 3 atom stereocenters. The summed E-state index contributed by atoms with van der Waals surface area (Å²) in [5.41, 5.74) is 2.87. The molecule has 0 saturated heterocycles. The smallest absolute Gasteiger partial charge is 0.209 e. The first-order valence-corrected chi connectivity index (χ1v) is 22.5. The van der Waals surface area contributed by atoms with Crippen LogP contribution in [-0.4, -0.2) is 22.1 Å². The lowest BCUT2D eigenvalue weighted by molar-refractivity contribution is -0.126. The Morgan fingerprint density at radius 2 is 1.22 bits per heavy atom. The number of rotatable bonds is 10. The number of Topliss-reactive ketones (excluding diaryl/α,β-unsaturated/α-hetero) is 1. The van der Waals surface area contributed by atoms with Gasteiger partial charge in [-0.2, -0.15) is 0 Å². The molecule has 0 radical (unpaired) electrons. The van der Waals surface area contributed by atoms with Crippen molar-refractivity contribution in [2.75, 3.05) is 0 Å². The number of aromatic hydroxyl groups is 1. The van der Waals surface area contributed by atoms with Crippen molar-refractivity contribution >= 4 is 16.7 Å². The number of aliphatic hydroxyl groups is 1. The Labute approximate surface area is 357 Å². The van der Waals surface area contributed by atoms with E-state index in [0.717, 1.165) is 54.9 Å². The van der Waals surface area contributed by atoms with Gasteiger partial charge in [0.2, 0.25) is 9.79 Å². The highest BCUT2D eigenvalue weighted by Crippen LogP contribution is 2.46. The van der Waals surface area contributed by atoms with Gasteiger partial charge in [-0.05, 0) is 123 Å². The highest BCUT2D eigenvalue weighted by atomic mass is 32.2. The van der Waals surface area contributed by atoms with Crippen LogP contribution < -0.4 is 4.74 Å². The molecule has 2 aliphatic rings. The summed E-state index contributed by atoms with van der Waals surface area (Å²) in [6.45, 7) is 22.6. The standard InChI is InChI=1S/C18H13OS.C13H20O.C12H20O2.C10H14O/c1-2-8-14(9-3-1)20-17-12-6-4-10-15(17)19-16-11-5-7-13-18(16)20;1-5-10(2)11-6-8-12(9-7-11)13(3,4)14;1-5-12(3,4)9(2)14-11-8-6-7-10(11)13;1-3-8(2)9-4-6-10(11)7-5-9/h1-13H;6-10,14H,5H2,1-4H3;11H,2,5-8H2,1,3-4H3;4-8,11H,3H2,1-2H3/q+1;;;. The number of phenols is 1. The Bertz CT molecular complexity index is 2000. The fourth-order valence-corrected chi connectivity index (χ4v) is 8.61. The Hall–Kier alpha value is -4.78. The Morgan fingerprint density at radius 1 is 0.746 bits per heavy atom. The summed E-state index contributed by atoms with van der Waals surface area (Å²) in [6, 6.07) is 43.0. The van der Waals surface area contributed by atoms with E-state index in [4.69, 9.17) is 14.6 Å². The van der Waals surface area contributed by atoms with E-state index in [0.29, 0.717) is 24.0 Å². The molecule has 1 aliphatic carbocycles. The monoisotopic (exact) mass is 815 g/mol. The van der Waals surface area contributed by atoms with Crippen LogP contribution in [0.3, 0.4) is 0 Å². The predicted octanol–water partition coefficient (Wildman–Crippen LogP) is 14.3. The zero-order valence-corrected chi connectivity index (χ0v) is 37.7. The molecule has 0 bridgehead atoms. The first-order chi connectivity index (χ1) is 28.1. The number of allylic oxidation sites excluding steroid dienone is 1. The molecular weight excluding hydrogens is 749 g/mol. The second kappa shape index (κ2) is 22.0. The van der Waals surface area contributed by atoms with Crippen molar-refractivity contribution in [3.63, 3.8) is 0 Å². The van der Waals surface area contributed by atoms with Crippen LogP contribution in [0.2, 0.25) is 0 Å². The van der Waals surface area contributed by atoms with Crippen LogP contribution in [-0.2, 0) is 26.0 Å². The van der Waals surface area contributed by atoms with E-state index in [1.54, 1.807) is 12.1 Å².